The minimum Gasteiger partial charge on any atom is -0.494 e. The zero-order chi connectivity index (χ0) is 15.7. The number of carboxylic acid groups (broad SMARTS) is 1. The molecule has 0 aromatic heterocycles. The molecule has 0 saturated carbocycles. The Morgan fingerprint density at radius 3 is 2.43 bits per heavy atom. The number of rotatable bonds is 10. The van der Waals surface area contributed by atoms with Crippen molar-refractivity contribution in [2.24, 2.45) is 0 Å². The fraction of sp³-hybridized carbons (Fsp3) is 0.562. The highest BCUT2D eigenvalue weighted by Crippen LogP contribution is 2.13. The lowest BCUT2D eigenvalue weighted by molar-refractivity contribution is -0.140. The number of carboxylic acids is 1. The molecule has 5 heteroatoms. The van der Waals surface area contributed by atoms with Crippen LogP contribution in [0, 0.1) is 0 Å². The lowest BCUT2D eigenvalue weighted by Gasteiger charge is -2.17. The second-order valence-corrected chi connectivity index (χ2v) is 5.24. The first-order valence-corrected chi connectivity index (χ1v) is 7.22. The van der Waals surface area contributed by atoms with Crippen LogP contribution in [0.3, 0.4) is 0 Å². The van der Waals surface area contributed by atoms with Gasteiger partial charge in [-0.1, -0.05) is 26.0 Å². The van der Waals surface area contributed by atoms with Crippen molar-refractivity contribution >= 4 is 5.97 Å². The lowest BCUT2D eigenvalue weighted by atomic mass is 10.1. The molecule has 0 amide bonds. The zero-order valence-electron chi connectivity index (χ0n) is 13.0. The fourth-order valence-corrected chi connectivity index (χ4v) is 1.95. The molecule has 5 nitrogen and oxygen atoms in total. The predicted octanol–water partition coefficient (Wildman–Crippen LogP) is 2.10. The van der Waals surface area contributed by atoms with Crippen LogP contribution < -0.4 is 10.1 Å². The Morgan fingerprint density at radius 1 is 1.24 bits per heavy atom. The fourth-order valence-electron chi connectivity index (χ4n) is 1.95. The number of methoxy groups -OCH3 is 1. The quantitative estimate of drug-likeness (QED) is 0.692. The Labute approximate surface area is 126 Å². The predicted molar refractivity (Wildman–Crippen MR) is 81.8 cm³/mol. The molecule has 1 atom stereocenters. The summed E-state index contributed by atoms with van der Waals surface area (Å²) in [6, 6.07) is 7.34. The number of carbonyl (C=O) groups is 1. The highest BCUT2D eigenvalue weighted by molar-refractivity contribution is 5.73. The van der Waals surface area contributed by atoms with Crippen molar-refractivity contribution in [3.8, 4) is 5.75 Å². The summed E-state index contributed by atoms with van der Waals surface area (Å²) in [6.07, 6.45) is 1.30. The van der Waals surface area contributed by atoms with Crippen LogP contribution in [0.4, 0.5) is 0 Å². The maximum absolute atomic E-state index is 11.1. The van der Waals surface area contributed by atoms with Gasteiger partial charge in [0.1, 0.15) is 11.8 Å². The zero-order valence-corrected chi connectivity index (χ0v) is 13.0. The molecule has 118 valence electrons. The summed E-state index contributed by atoms with van der Waals surface area (Å²) >= 11 is 0. The van der Waals surface area contributed by atoms with Gasteiger partial charge in [-0.3, -0.25) is 4.79 Å². The first kappa shape index (κ1) is 17.5. The average molecular weight is 295 g/mol. The number of benzene rings is 1. The monoisotopic (exact) mass is 295 g/mol. The van der Waals surface area contributed by atoms with E-state index in [0.29, 0.717) is 19.6 Å². The molecule has 1 aromatic carbocycles. The third-order valence-electron chi connectivity index (χ3n) is 3.03. The molecule has 21 heavy (non-hydrogen) atoms. The average Bonchev–Trinajstić information content (AvgIpc) is 2.44. The van der Waals surface area contributed by atoms with E-state index in [9.17, 15) is 4.79 Å². The molecular formula is C16H25NO4. The molecule has 1 aromatic rings. The molecule has 0 heterocycles. The summed E-state index contributed by atoms with van der Waals surface area (Å²) in [5, 5.41) is 12.1. The van der Waals surface area contributed by atoms with Crippen molar-refractivity contribution in [3.63, 3.8) is 0 Å². The van der Waals surface area contributed by atoms with Gasteiger partial charge < -0.3 is 19.9 Å². The van der Waals surface area contributed by atoms with Gasteiger partial charge in [0.25, 0.3) is 0 Å². The van der Waals surface area contributed by atoms with Crippen molar-refractivity contribution in [1.82, 2.24) is 5.32 Å². The minimum atomic E-state index is -0.845. The first-order chi connectivity index (χ1) is 10.0. The Kier molecular flexibility index (Phi) is 7.79. The van der Waals surface area contributed by atoms with E-state index in [4.69, 9.17) is 14.6 Å². The molecule has 0 aliphatic rings. The molecule has 0 saturated heterocycles. The Balaban J connectivity index is 2.38. The smallest absolute Gasteiger partial charge is 0.320 e. The second kappa shape index (κ2) is 9.37. The SMILES string of the molecule is COCCc1ccc(OCCC(NC(C)C)C(=O)O)cc1. The molecule has 2 N–H and O–H groups in total. The highest BCUT2D eigenvalue weighted by Gasteiger charge is 2.17. The molecule has 0 radical (unpaired) electrons. The van der Waals surface area contributed by atoms with E-state index >= 15 is 0 Å². The lowest BCUT2D eigenvalue weighted by Crippen LogP contribution is -2.41. The van der Waals surface area contributed by atoms with Crippen molar-refractivity contribution in [2.45, 2.75) is 38.8 Å². The summed E-state index contributed by atoms with van der Waals surface area (Å²) in [5.41, 5.74) is 1.19. The molecule has 0 aliphatic heterocycles. The van der Waals surface area contributed by atoms with Crippen LogP contribution in [0.25, 0.3) is 0 Å². The summed E-state index contributed by atoms with van der Waals surface area (Å²) in [4.78, 5) is 11.1. The Bertz CT molecular complexity index is 417. The van der Waals surface area contributed by atoms with E-state index in [2.05, 4.69) is 5.32 Å². The van der Waals surface area contributed by atoms with E-state index in [1.54, 1.807) is 7.11 Å². The van der Waals surface area contributed by atoms with Crippen LogP contribution in [0.15, 0.2) is 24.3 Å². The molecule has 1 rings (SSSR count). The van der Waals surface area contributed by atoms with E-state index in [0.717, 1.165) is 12.2 Å². The largest absolute Gasteiger partial charge is 0.494 e. The maximum atomic E-state index is 11.1. The van der Waals surface area contributed by atoms with E-state index in [1.807, 2.05) is 38.1 Å². The number of aliphatic carboxylic acids is 1. The molecule has 1 unspecified atom stereocenters. The van der Waals surface area contributed by atoms with Gasteiger partial charge in [-0.25, -0.2) is 0 Å². The molecular weight excluding hydrogens is 270 g/mol. The number of hydrogen-bond donors (Lipinski definition) is 2. The van der Waals surface area contributed by atoms with Crippen molar-refractivity contribution < 1.29 is 19.4 Å². The second-order valence-electron chi connectivity index (χ2n) is 5.24. The topological polar surface area (TPSA) is 67.8 Å². The van der Waals surface area contributed by atoms with Gasteiger partial charge in [-0.05, 0) is 24.1 Å². The molecule has 0 bridgehead atoms. The maximum Gasteiger partial charge on any atom is 0.320 e. The van der Waals surface area contributed by atoms with Gasteiger partial charge in [0.2, 0.25) is 0 Å². The number of nitrogens with one attached hydrogen (secondary N) is 1. The van der Waals surface area contributed by atoms with Crippen molar-refractivity contribution in [1.29, 1.82) is 0 Å². The minimum absolute atomic E-state index is 0.131. The van der Waals surface area contributed by atoms with Gasteiger partial charge in [0.15, 0.2) is 0 Å². The number of ether oxygens (including phenoxy) is 2. The third kappa shape index (κ3) is 7.11. The Morgan fingerprint density at radius 2 is 1.90 bits per heavy atom. The van der Waals surface area contributed by atoms with Crippen LogP contribution >= 0.6 is 0 Å². The van der Waals surface area contributed by atoms with Crippen LogP contribution in [0.5, 0.6) is 5.75 Å². The third-order valence-corrected chi connectivity index (χ3v) is 3.03. The van der Waals surface area contributed by atoms with Gasteiger partial charge in [-0.2, -0.15) is 0 Å². The summed E-state index contributed by atoms with van der Waals surface area (Å²) < 4.78 is 10.6. The number of hydrogen-bond acceptors (Lipinski definition) is 4. The molecule has 0 aliphatic carbocycles. The standard InChI is InChI=1S/C16H25NO4/c1-12(2)17-15(16(18)19)9-11-21-14-6-4-13(5-7-14)8-10-20-3/h4-7,12,15,17H,8-11H2,1-3H3,(H,18,19). The van der Waals surface area contributed by atoms with Crippen molar-refractivity contribution in [2.75, 3.05) is 20.3 Å². The molecule has 0 fully saturated rings. The Hall–Kier alpha value is -1.59. The normalized spacial score (nSPS) is 12.4. The van der Waals surface area contributed by atoms with Crippen LogP contribution in [0.1, 0.15) is 25.8 Å². The van der Waals surface area contributed by atoms with E-state index in [-0.39, 0.29) is 6.04 Å². The van der Waals surface area contributed by atoms with Gasteiger partial charge in [-0.15, -0.1) is 0 Å². The van der Waals surface area contributed by atoms with Gasteiger partial charge >= 0.3 is 5.97 Å². The first-order valence-electron chi connectivity index (χ1n) is 7.22. The summed E-state index contributed by atoms with van der Waals surface area (Å²) in [6.45, 7) is 4.92. The van der Waals surface area contributed by atoms with Crippen LogP contribution in [-0.4, -0.2) is 43.5 Å². The van der Waals surface area contributed by atoms with Crippen molar-refractivity contribution in [3.05, 3.63) is 29.8 Å². The van der Waals surface area contributed by atoms with Crippen LogP contribution in [-0.2, 0) is 16.0 Å². The van der Waals surface area contributed by atoms with Gasteiger partial charge in [0.05, 0.1) is 13.2 Å². The van der Waals surface area contributed by atoms with Gasteiger partial charge in [0, 0.05) is 19.6 Å². The van der Waals surface area contributed by atoms with E-state index in [1.165, 1.54) is 5.56 Å². The summed E-state index contributed by atoms with van der Waals surface area (Å²) in [7, 11) is 1.68. The molecule has 0 spiro atoms. The van der Waals surface area contributed by atoms with E-state index < -0.39 is 12.0 Å². The summed E-state index contributed by atoms with van der Waals surface area (Å²) in [5.74, 6) is -0.0907. The highest BCUT2D eigenvalue weighted by atomic mass is 16.5. The van der Waals surface area contributed by atoms with Crippen LogP contribution in [0.2, 0.25) is 0 Å².